The van der Waals surface area contributed by atoms with Gasteiger partial charge in [-0.2, -0.15) is 0 Å². The molecule has 2 aromatic carbocycles. The molecule has 0 aliphatic heterocycles. The van der Waals surface area contributed by atoms with Gasteiger partial charge in [0.05, 0.1) is 11.7 Å². The van der Waals surface area contributed by atoms with Crippen LogP contribution < -0.4 is 10.6 Å². The third-order valence-corrected chi connectivity index (χ3v) is 3.20. The van der Waals surface area contributed by atoms with Crippen molar-refractivity contribution in [3.05, 3.63) is 59.7 Å². The molecular formula is C17H20N2O2. The Hall–Kier alpha value is -2.33. The van der Waals surface area contributed by atoms with Crippen molar-refractivity contribution in [1.29, 1.82) is 0 Å². The summed E-state index contributed by atoms with van der Waals surface area (Å²) in [5.41, 5.74) is 2.71. The van der Waals surface area contributed by atoms with E-state index in [0.29, 0.717) is 16.8 Å². The number of benzene rings is 2. The molecule has 0 radical (unpaired) electrons. The van der Waals surface area contributed by atoms with Crippen LogP contribution in [0, 0.1) is 0 Å². The van der Waals surface area contributed by atoms with Crippen LogP contribution in [-0.4, -0.2) is 17.6 Å². The van der Waals surface area contributed by atoms with Gasteiger partial charge in [-0.05, 0) is 32.0 Å². The Morgan fingerprint density at radius 1 is 1.10 bits per heavy atom. The average molecular weight is 284 g/mol. The van der Waals surface area contributed by atoms with Gasteiger partial charge in [0.25, 0.3) is 5.91 Å². The quantitative estimate of drug-likeness (QED) is 0.788. The Kier molecular flexibility index (Phi) is 4.95. The van der Waals surface area contributed by atoms with Crippen molar-refractivity contribution in [2.24, 2.45) is 0 Å². The summed E-state index contributed by atoms with van der Waals surface area (Å²) >= 11 is 0. The van der Waals surface area contributed by atoms with E-state index in [0.717, 1.165) is 12.2 Å². The second-order valence-corrected chi connectivity index (χ2v) is 4.79. The maximum Gasteiger partial charge on any atom is 0.257 e. The predicted molar refractivity (Wildman–Crippen MR) is 85.6 cm³/mol. The lowest BCUT2D eigenvalue weighted by Gasteiger charge is -2.15. The number of rotatable bonds is 5. The number of anilines is 2. The monoisotopic (exact) mass is 284 g/mol. The van der Waals surface area contributed by atoms with Gasteiger partial charge < -0.3 is 15.7 Å². The van der Waals surface area contributed by atoms with Crippen molar-refractivity contribution in [1.82, 2.24) is 0 Å². The lowest BCUT2D eigenvalue weighted by Crippen LogP contribution is -2.16. The van der Waals surface area contributed by atoms with Crippen LogP contribution in [0.3, 0.4) is 0 Å². The van der Waals surface area contributed by atoms with Crippen LogP contribution >= 0.6 is 0 Å². The number of para-hydroxylation sites is 2. The van der Waals surface area contributed by atoms with Gasteiger partial charge in [-0.1, -0.05) is 30.3 Å². The lowest BCUT2D eigenvalue weighted by molar-refractivity contribution is 0.102. The molecule has 0 bridgehead atoms. The van der Waals surface area contributed by atoms with E-state index in [9.17, 15) is 9.90 Å². The average Bonchev–Trinajstić information content (AvgIpc) is 2.48. The largest absolute Gasteiger partial charge is 0.389 e. The summed E-state index contributed by atoms with van der Waals surface area (Å²) in [6, 6.07) is 14.6. The smallest absolute Gasteiger partial charge is 0.257 e. The van der Waals surface area contributed by atoms with Crippen LogP contribution in [0.15, 0.2) is 48.5 Å². The standard InChI is InChI=1S/C17H20N2O2/c1-3-18-15-10-6-5-9-14(15)17(21)19-16-11-7-4-8-13(16)12(2)20/h4-12,18,20H,3H2,1-2H3,(H,19,21). The summed E-state index contributed by atoms with van der Waals surface area (Å²) in [6.45, 7) is 4.41. The molecule has 0 saturated heterocycles. The summed E-state index contributed by atoms with van der Waals surface area (Å²) in [6.07, 6.45) is -0.634. The van der Waals surface area contributed by atoms with E-state index in [2.05, 4.69) is 10.6 Å². The highest BCUT2D eigenvalue weighted by Crippen LogP contribution is 2.24. The molecule has 0 fully saturated rings. The highest BCUT2D eigenvalue weighted by atomic mass is 16.3. The molecule has 110 valence electrons. The van der Waals surface area contributed by atoms with Gasteiger partial charge in [0.1, 0.15) is 0 Å². The summed E-state index contributed by atoms with van der Waals surface area (Å²) in [4.78, 5) is 12.5. The minimum Gasteiger partial charge on any atom is -0.389 e. The minimum absolute atomic E-state index is 0.195. The molecule has 4 heteroatoms. The lowest BCUT2D eigenvalue weighted by atomic mass is 10.1. The Morgan fingerprint density at radius 2 is 1.71 bits per heavy atom. The van der Waals surface area contributed by atoms with E-state index < -0.39 is 6.10 Å². The molecule has 0 spiro atoms. The van der Waals surface area contributed by atoms with Gasteiger partial charge >= 0.3 is 0 Å². The van der Waals surface area contributed by atoms with Crippen molar-refractivity contribution >= 4 is 17.3 Å². The van der Waals surface area contributed by atoms with Gasteiger partial charge in [0, 0.05) is 23.5 Å². The van der Waals surface area contributed by atoms with Crippen LogP contribution in [0.2, 0.25) is 0 Å². The normalized spacial score (nSPS) is 11.8. The number of aliphatic hydroxyl groups is 1. The topological polar surface area (TPSA) is 61.4 Å². The summed E-state index contributed by atoms with van der Waals surface area (Å²) in [7, 11) is 0. The van der Waals surface area contributed by atoms with Crippen LogP contribution in [0.1, 0.15) is 35.9 Å². The SMILES string of the molecule is CCNc1ccccc1C(=O)Nc1ccccc1C(C)O. The van der Waals surface area contributed by atoms with Crippen molar-refractivity contribution < 1.29 is 9.90 Å². The Labute approximate surface area is 124 Å². The zero-order chi connectivity index (χ0) is 15.2. The highest BCUT2D eigenvalue weighted by molar-refractivity contribution is 6.08. The van der Waals surface area contributed by atoms with Gasteiger partial charge in [0.15, 0.2) is 0 Å². The fourth-order valence-corrected chi connectivity index (χ4v) is 2.19. The van der Waals surface area contributed by atoms with E-state index >= 15 is 0 Å². The summed E-state index contributed by atoms with van der Waals surface area (Å²) in [5.74, 6) is -0.195. The van der Waals surface area contributed by atoms with Gasteiger partial charge in [0.2, 0.25) is 0 Å². The van der Waals surface area contributed by atoms with E-state index in [1.54, 1.807) is 25.1 Å². The summed E-state index contributed by atoms with van der Waals surface area (Å²) in [5, 5.41) is 15.8. The first-order valence-electron chi connectivity index (χ1n) is 7.04. The third-order valence-electron chi connectivity index (χ3n) is 3.20. The Bertz CT molecular complexity index is 624. The molecular weight excluding hydrogens is 264 g/mol. The summed E-state index contributed by atoms with van der Waals surface area (Å²) < 4.78 is 0. The molecule has 21 heavy (non-hydrogen) atoms. The molecule has 0 aliphatic rings. The molecule has 0 saturated carbocycles. The van der Waals surface area contributed by atoms with Crippen LogP contribution in [0.25, 0.3) is 0 Å². The molecule has 2 aromatic rings. The number of amides is 1. The Balaban J connectivity index is 2.27. The molecule has 1 atom stereocenters. The molecule has 1 amide bonds. The van der Waals surface area contributed by atoms with Crippen molar-refractivity contribution in [2.45, 2.75) is 20.0 Å². The molecule has 1 unspecified atom stereocenters. The van der Waals surface area contributed by atoms with Gasteiger partial charge in [-0.3, -0.25) is 4.79 Å². The number of aliphatic hydroxyl groups excluding tert-OH is 1. The zero-order valence-electron chi connectivity index (χ0n) is 12.3. The van der Waals surface area contributed by atoms with E-state index in [4.69, 9.17) is 0 Å². The second-order valence-electron chi connectivity index (χ2n) is 4.79. The number of nitrogens with one attached hydrogen (secondary N) is 2. The Morgan fingerprint density at radius 3 is 2.38 bits per heavy atom. The zero-order valence-corrected chi connectivity index (χ0v) is 12.3. The molecule has 4 nitrogen and oxygen atoms in total. The van der Waals surface area contributed by atoms with Crippen molar-refractivity contribution in [3.8, 4) is 0 Å². The maximum absolute atomic E-state index is 12.5. The van der Waals surface area contributed by atoms with E-state index in [1.807, 2.05) is 37.3 Å². The number of carbonyl (C=O) groups is 1. The fourth-order valence-electron chi connectivity index (χ4n) is 2.19. The second kappa shape index (κ2) is 6.90. The van der Waals surface area contributed by atoms with Gasteiger partial charge in [-0.15, -0.1) is 0 Å². The first kappa shape index (κ1) is 15.1. The maximum atomic E-state index is 12.5. The van der Waals surface area contributed by atoms with Crippen molar-refractivity contribution in [3.63, 3.8) is 0 Å². The first-order chi connectivity index (χ1) is 10.1. The predicted octanol–water partition coefficient (Wildman–Crippen LogP) is 3.42. The molecule has 0 aliphatic carbocycles. The number of hydrogen-bond donors (Lipinski definition) is 3. The number of hydrogen-bond acceptors (Lipinski definition) is 3. The van der Waals surface area contributed by atoms with Crippen LogP contribution in [0.4, 0.5) is 11.4 Å². The molecule has 2 rings (SSSR count). The van der Waals surface area contributed by atoms with Crippen LogP contribution in [0.5, 0.6) is 0 Å². The third kappa shape index (κ3) is 3.61. The molecule has 0 aromatic heterocycles. The van der Waals surface area contributed by atoms with Gasteiger partial charge in [-0.25, -0.2) is 0 Å². The first-order valence-corrected chi connectivity index (χ1v) is 7.04. The number of carbonyl (C=O) groups excluding carboxylic acids is 1. The van der Waals surface area contributed by atoms with E-state index in [1.165, 1.54) is 0 Å². The fraction of sp³-hybridized carbons (Fsp3) is 0.235. The minimum atomic E-state index is -0.634. The van der Waals surface area contributed by atoms with E-state index in [-0.39, 0.29) is 5.91 Å². The highest BCUT2D eigenvalue weighted by Gasteiger charge is 2.14. The molecule has 0 heterocycles. The van der Waals surface area contributed by atoms with Crippen LogP contribution in [-0.2, 0) is 0 Å². The molecule has 3 N–H and O–H groups in total. The van der Waals surface area contributed by atoms with Crippen molar-refractivity contribution in [2.75, 3.05) is 17.2 Å².